The average molecular weight is 396 g/mol. The molecule has 2 aliphatic rings. The summed E-state index contributed by atoms with van der Waals surface area (Å²) in [5.41, 5.74) is 0.949. The first kappa shape index (κ1) is 19.4. The molecule has 3 amide bonds. The predicted octanol–water partition coefficient (Wildman–Crippen LogP) is 2.58. The first-order valence-electron chi connectivity index (χ1n) is 10.3. The molecule has 1 aromatic carbocycles. The van der Waals surface area contributed by atoms with Gasteiger partial charge < -0.3 is 15.1 Å². The summed E-state index contributed by atoms with van der Waals surface area (Å²) in [6, 6.07) is 9.81. The molecular formula is C21H28N6O2. The Balaban J connectivity index is 1.37. The van der Waals surface area contributed by atoms with E-state index in [1.165, 1.54) is 0 Å². The molecule has 29 heavy (non-hydrogen) atoms. The highest BCUT2D eigenvalue weighted by Gasteiger charge is 2.34. The van der Waals surface area contributed by atoms with Gasteiger partial charge in [0.1, 0.15) is 5.82 Å². The summed E-state index contributed by atoms with van der Waals surface area (Å²) in [7, 11) is 0. The van der Waals surface area contributed by atoms with Crippen molar-refractivity contribution in [2.24, 2.45) is 5.92 Å². The second-order valence-electron chi connectivity index (χ2n) is 8.16. The molecule has 8 nitrogen and oxygen atoms in total. The molecule has 1 aromatic heterocycles. The van der Waals surface area contributed by atoms with Crippen molar-refractivity contribution < 1.29 is 9.59 Å². The molecule has 3 heterocycles. The van der Waals surface area contributed by atoms with Crippen LogP contribution in [0.3, 0.4) is 0 Å². The molecule has 0 aliphatic carbocycles. The third kappa shape index (κ3) is 4.11. The highest BCUT2D eigenvalue weighted by Crippen LogP contribution is 2.31. The zero-order chi connectivity index (χ0) is 20.4. The van der Waals surface area contributed by atoms with Crippen molar-refractivity contribution in [1.29, 1.82) is 0 Å². The number of likely N-dealkylation sites (tertiary alicyclic amines) is 2. The summed E-state index contributed by atoms with van der Waals surface area (Å²) in [5.74, 6) is 1.71. The number of nitrogens with one attached hydrogen (secondary N) is 2. The Morgan fingerprint density at radius 2 is 2.10 bits per heavy atom. The summed E-state index contributed by atoms with van der Waals surface area (Å²) >= 11 is 0. The number of hydrogen-bond donors (Lipinski definition) is 2. The number of nitrogens with zero attached hydrogens (tertiary/aromatic N) is 4. The maximum atomic E-state index is 12.8. The van der Waals surface area contributed by atoms with Crippen molar-refractivity contribution in [3.8, 4) is 11.4 Å². The van der Waals surface area contributed by atoms with Gasteiger partial charge in [-0.1, -0.05) is 30.3 Å². The maximum Gasteiger partial charge on any atom is 0.318 e. The smallest absolute Gasteiger partial charge is 0.318 e. The van der Waals surface area contributed by atoms with E-state index in [9.17, 15) is 9.59 Å². The van der Waals surface area contributed by atoms with Gasteiger partial charge in [-0.2, -0.15) is 5.10 Å². The molecule has 2 unspecified atom stereocenters. The Labute approximate surface area is 170 Å². The summed E-state index contributed by atoms with van der Waals surface area (Å²) in [4.78, 5) is 33.2. The molecule has 2 atom stereocenters. The number of amides is 3. The zero-order valence-corrected chi connectivity index (χ0v) is 17.0. The molecule has 0 bridgehead atoms. The molecule has 2 N–H and O–H groups in total. The van der Waals surface area contributed by atoms with Gasteiger partial charge in [-0.25, -0.2) is 9.78 Å². The number of benzene rings is 1. The molecule has 2 aliphatic heterocycles. The lowest BCUT2D eigenvalue weighted by molar-refractivity contribution is -0.129. The number of rotatable bonds is 5. The lowest BCUT2D eigenvalue weighted by Crippen LogP contribution is -2.42. The van der Waals surface area contributed by atoms with Crippen molar-refractivity contribution in [1.82, 2.24) is 30.3 Å². The predicted molar refractivity (Wildman–Crippen MR) is 109 cm³/mol. The summed E-state index contributed by atoms with van der Waals surface area (Å²) in [5, 5.41) is 10.4. The normalized spacial score (nSPS) is 22.0. The van der Waals surface area contributed by atoms with Crippen LogP contribution in [0.25, 0.3) is 11.4 Å². The molecule has 2 aromatic rings. The summed E-state index contributed by atoms with van der Waals surface area (Å²) < 4.78 is 0. The van der Waals surface area contributed by atoms with Crippen LogP contribution >= 0.6 is 0 Å². The fourth-order valence-electron chi connectivity index (χ4n) is 4.21. The van der Waals surface area contributed by atoms with Gasteiger partial charge >= 0.3 is 6.03 Å². The van der Waals surface area contributed by atoms with Crippen molar-refractivity contribution in [3.63, 3.8) is 0 Å². The van der Waals surface area contributed by atoms with Crippen LogP contribution in [0.1, 0.15) is 45.0 Å². The van der Waals surface area contributed by atoms with Gasteiger partial charge in [0, 0.05) is 43.6 Å². The minimum atomic E-state index is -0.0997. The molecular weight excluding hydrogens is 368 g/mol. The number of carbonyl (C=O) groups excluding carboxylic acids is 2. The lowest BCUT2D eigenvalue weighted by Gasteiger charge is -2.24. The Hall–Kier alpha value is -2.90. The van der Waals surface area contributed by atoms with E-state index in [4.69, 9.17) is 0 Å². The van der Waals surface area contributed by atoms with Crippen molar-refractivity contribution in [3.05, 3.63) is 36.2 Å². The minimum absolute atomic E-state index is 0.0967. The van der Waals surface area contributed by atoms with Gasteiger partial charge in [0.15, 0.2) is 5.82 Å². The number of aromatic nitrogens is 3. The van der Waals surface area contributed by atoms with Crippen LogP contribution in [-0.4, -0.2) is 62.6 Å². The standard InChI is InChI=1S/C21H28N6O2/c1-14(2)27-13-15(11-18(27)28)12-22-21(29)26-10-6-9-17(26)20-23-19(24-25-20)16-7-4-3-5-8-16/h3-5,7-8,14-15,17H,6,9-13H2,1-2H3,(H,22,29)(H,23,24,25). The molecule has 0 spiro atoms. The van der Waals surface area contributed by atoms with Gasteiger partial charge in [-0.3, -0.25) is 9.89 Å². The second-order valence-corrected chi connectivity index (χ2v) is 8.16. The highest BCUT2D eigenvalue weighted by atomic mass is 16.2. The van der Waals surface area contributed by atoms with Crippen LogP contribution < -0.4 is 5.32 Å². The number of H-pyrrole nitrogens is 1. The average Bonchev–Trinajstić information content (AvgIpc) is 3.45. The molecule has 0 radical (unpaired) electrons. The van der Waals surface area contributed by atoms with Gasteiger partial charge in [0.25, 0.3) is 0 Å². The van der Waals surface area contributed by atoms with Gasteiger partial charge in [-0.05, 0) is 26.7 Å². The van der Waals surface area contributed by atoms with E-state index >= 15 is 0 Å². The van der Waals surface area contributed by atoms with Crippen LogP contribution in [0, 0.1) is 5.92 Å². The second kappa shape index (κ2) is 8.23. The van der Waals surface area contributed by atoms with Crippen molar-refractivity contribution >= 4 is 11.9 Å². The number of aromatic amines is 1. The van der Waals surface area contributed by atoms with Crippen LogP contribution in [0.4, 0.5) is 4.79 Å². The van der Waals surface area contributed by atoms with Gasteiger partial charge in [0.2, 0.25) is 5.91 Å². The van der Waals surface area contributed by atoms with E-state index in [0.29, 0.717) is 31.9 Å². The van der Waals surface area contributed by atoms with E-state index in [1.807, 2.05) is 54.0 Å². The van der Waals surface area contributed by atoms with Crippen molar-refractivity contribution in [2.75, 3.05) is 19.6 Å². The topological polar surface area (TPSA) is 94.2 Å². The lowest BCUT2D eigenvalue weighted by atomic mass is 10.1. The molecule has 2 fully saturated rings. The quantitative estimate of drug-likeness (QED) is 0.812. The van der Waals surface area contributed by atoms with E-state index in [-0.39, 0.29) is 29.9 Å². The Kier molecular flexibility index (Phi) is 5.51. The number of urea groups is 1. The SMILES string of the molecule is CC(C)N1CC(CNC(=O)N2CCCC2c2nc(-c3ccccc3)n[nH]2)CC1=O. The Morgan fingerprint density at radius 1 is 1.31 bits per heavy atom. The maximum absolute atomic E-state index is 12.8. The third-order valence-electron chi connectivity index (χ3n) is 5.77. The van der Waals surface area contributed by atoms with E-state index in [1.54, 1.807) is 0 Å². The van der Waals surface area contributed by atoms with E-state index < -0.39 is 0 Å². The number of hydrogen-bond acceptors (Lipinski definition) is 4. The van der Waals surface area contributed by atoms with Crippen LogP contribution in [0.2, 0.25) is 0 Å². The molecule has 2 saturated heterocycles. The van der Waals surface area contributed by atoms with Crippen LogP contribution in [0.15, 0.2) is 30.3 Å². The first-order valence-corrected chi connectivity index (χ1v) is 10.3. The number of carbonyl (C=O) groups is 2. The molecule has 4 rings (SSSR count). The molecule has 0 saturated carbocycles. The fraction of sp³-hybridized carbons (Fsp3) is 0.524. The Bertz CT molecular complexity index is 865. The Morgan fingerprint density at radius 3 is 2.83 bits per heavy atom. The van der Waals surface area contributed by atoms with Crippen LogP contribution in [-0.2, 0) is 4.79 Å². The summed E-state index contributed by atoms with van der Waals surface area (Å²) in [6.45, 7) is 5.97. The van der Waals surface area contributed by atoms with Gasteiger partial charge in [0.05, 0.1) is 6.04 Å². The molecule has 8 heteroatoms. The largest absolute Gasteiger partial charge is 0.340 e. The highest BCUT2D eigenvalue weighted by molar-refractivity contribution is 5.79. The fourth-order valence-corrected chi connectivity index (χ4v) is 4.21. The zero-order valence-electron chi connectivity index (χ0n) is 17.0. The van der Waals surface area contributed by atoms with E-state index in [0.717, 1.165) is 24.2 Å². The first-order chi connectivity index (χ1) is 14.0. The minimum Gasteiger partial charge on any atom is -0.340 e. The van der Waals surface area contributed by atoms with E-state index in [2.05, 4.69) is 20.5 Å². The van der Waals surface area contributed by atoms with Crippen molar-refractivity contribution in [2.45, 2.75) is 45.2 Å². The molecule has 154 valence electrons. The third-order valence-corrected chi connectivity index (χ3v) is 5.77. The van der Waals surface area contributed by atoms with Gasteiger partial charge in [-0.15, -0.1) is 0 Å². The van der Waals surface area contributed by atoms with Crippen LogP contribution in [0.5, 0.6) is 0 Å². The monoisotopic (exact) mass is 396 g/mol. The summed E-state index contributed by atoms with van der Waals surface area (Å²) in [6.07, 6.45) is 2.30.